The number of likely N-dealkylation sites (tertiary alicyclic amines) is 1. The molecule has 1 atom stereocenters. The highest BCUT2D eigenvalue weighted by atomic mass is 16.5. The first-order chi connectivity index (χ1) is 13.2. The predicted octanol–water partition coefficient (Wildman–Crippen LogP) is 2.94. The van der Waals surface area contributed by atoms with Crippen LogP contribution in [0.15, 0.2) is 36.5 Å². The summed E-state index contributed by atoms with van der Waals surface area (Å²) in [6.07, 6.45) is 4.98. The Kier molecular flexibility index (Phi) is 5.43. The summed E-state index contributed by atoms with van der Waals surface area (Å²) in [6, 6.07) is 9.79. The number of carbonyl (C=O) groups excluding carboxylic acids is 1. The van der Waals surface area contributed by atoms with Gasteiger partial charge in [0.25, 0.3) is 5.91 Å². The highest BCUT2D eigenvalue weighted by molar-refractivity contribution is 5.78. The van der Waals surface area contributed by atoms with E-state index in [4.69, 9.17) is 14.5 Å². The first-order valence-electron chi connectivity index (χ1n) is 9.79. The molecular formula is C21H27N3O3. The third-order valence-electron chi connectivity index (χ3n) is 5.58. The molecule has 2 aliphatic heterocycles. The van der Waals surface area contributed by atoms with Crippen molar-refractivity contribution >= 4 is 5.91 Å². The Hall–Kier alpha value is -2.34. The third-order valence-corrected chi connectivity index (χ3v) is 5.58. The molecule has 2 saturated heterocycles. The van der Waals surface area contributed by atoms with Crippen molar-refractivity contribution in [3.8, 4) is 5.75 Å². The number of rotatable bonds is 5. The van der Waals surface area contributed by atoms with Gasteiger partial charge in [0.05, 0.1) is 6.04 Å². The van der Waals surface area contributed by atoms with Crippen molar-refractivity contribution < 1.29 is 14.3 Å². The van der Waals surface area contributed by atoms with E-state index in [0.717, 1.165) is 57.1 Å². The Morgan fingerprint density at radius 2 is 2.00 bits per heavy atom. The van der Waals surface area contributed by atoms with Crippen molar-refractivity contribution in [1.82, 2.24) is 14.5 Å². The van der Waals surface area contributed by atoms with Gasteiger partial charge in [-0.1, -0.05) is 18.2 Å². The Morgan fingerprint density at radius 1 is 1.22 bits per heavy atom. The molecule has 0 N–H and O–H groups in total. The van der Waals surface area contributed by atoms with Crippen LogP contribution in [0.4, 0.5) is 0 Å². The average molecular weight is 369 g/mol. The maximum absolute atomic E-state index is 12.6. The molecule has 1 unspecified atom stereocenters. The van der Waals surface area contributed by atoms with Crippen LogP contribution in [0.3, 0.4) is 0 Å². The molecule has 1 aromatic heterocycles. The molecule has 27 heavy (non-hydrogen) atoms. The summed E-state index contributed by atoms with van der Waals surface area (Å²) in [4.78, 5) is 19.2. The molecule has 0 aliphatic carbocycles. The first kappa shape index (κ1) is 18.0. The van der Waals surface area contributed by atoms with Gasteiger partial charge in [-0.05, 0) is 38.3 Å². The summed E-state index contributed by atoms with van der Waals surface area (Å²) in [6.45, 7) is 5.31. The summed E-state index contributed by atoms with van der Waals surface area (Å²) < 4.78 is 13.5. The lowest BCUT2D eigenvalue weighted by molar-refractivity contribution is -0.132. The lowest BCUT2D eigenvalue weighted by atomic mass is 9.99. The minimum absolute atomic E-state index is 0.0479. The summed E-state index contributed by atoms with van der Waals surface area (Å²) >= 11 is 0. The fraction of sp³-hybridized carbons (Fsp3) is 0.524. The van der Waals surface area contributed by atoms with E-state index in [1.165, 1.54) is 5.69 Å². The zero-order valence-electron chi connectivity index (χ0n) is 15.8. The highest BCUT2D eigenvalue weighted by Crippen LogP contribution is 2.32. The van der Waals surface area contributed by atoms with Crippen molar-refractivity contribution in [3.63, 3.8) is 0 Å². The average Bonchev–Trinajstić information content (AvgIpc) is 3.34. The molecule has 2 aromatic rings. The number of imidazole rings is 1. The van der Waals surface area contributed by atoms with Crippen LogP contribution in [0.1, 0.15) is 42.7 Å². The molecule has 6 nitrogen and oxygen atoms in total. The second kappa shape index (κ2) is 8.13. The maximum atomic E-state index is 12.6. The van der Waals surface area contributed by atoms with Crippen LogP contribution in [-0.4, -0.2) is 53.3 Å². The summed E-state index contributed by atoms with van der Waals surface area (Å²) in [7, 11) is 0. The largest absolute Gasteiger partial charge is 0.484 e. The van der Waals surface area contributed by atoms with E-state index in [2.05, 4.69) is 11.5 Å². The van der Waals surface area contributed by atoms with Gasteiger partial charge in [0.2, 0.25) is 0 Å². The van der Waals surface area contributed by atoms with Gasteiger partial charge in [-0.25, -0.2) is 4.98 Å². The second-order valence-corrected chi connectivity index (χ2v) is 7.40. The van der Waals surface area contributed by atoms with Crippen LogP contribution in [0.5, 0.6) is 5.75 Å². The van der Waals surface area contributed by atoms with Gasteiger partial charge in [0.15, 0.2) is 6.61 Å². The molecular weight excluding hydrogens is 342 g/mol. The normalized spacial score (nSPS) is 20.8. The maximum Gasteiger partial charge on any atom is 0.260 e. The van der Waals surface area contributed by atoms with Gasteiger partial charge in [0, 0.05) is 44.1 Å². The van der Waals surface area contributed by atoms with E-state index in [0.29, 0.717) is 12.0 Å². The fourth-order valence-corrected chi connectivity index (χ4v) is 4.13. The topological polar surface area (TPSA) is 56.6 Å². The summed E-state index contributed by atoms with van der Waals surface area (Å²) in [5, 5.41) is 0. The lowest BCUT2D eigenvalue weighted by Crippen LogP contribution is -2.33. The van der Waals surface area contributed by atoms with E-state index in [-0.39, 0.29) is 12.5 Å². The number of carbonyl (C=O) groups is 1. The number of benzene rings is 1. The van der Waals surface area contributed by atoms with E-state index in [1.54, 1.807) is 0 Å². The van der Waals surface area contributed by atoms with Gasteiger partial charge in [-0.15, -0.1) is 0 Å². The van der Waals surface area contributed by atoms with Gasteiger partial charge >= 0.3 is 0 Å². The minimum Gasteiger partial charge on any atom is -0.484 e. The highest BCUT2D eigenvalue weighted by Gasteiger charge is 2.31. The fourth-order valence-electron chi connectivity index (χ4n) is 4.13. The monoisotopic (exact) mass is 369 g/mol. The predicted molar refractivity (Wildman–Crippen MR) is 102 cm³/mol. The molecule has 0 spiro atoms. The molecule has 4 rings (SSSR count). The molecule has 144 valence electrons. The lowest BCUT2D eigenvalue weighted by Gasteiger charge is -2.26. The van der Waals surface area contributed by atoms with Crippen molar-refractivity contribution in [2.45, 2.75) is 38.1 Å². The molecule has 2 aliphatic rings. The number of aryl methyl sites for hydroxylation is 1. The molecule has 3 heterocycles. The smallest absolute Gasteiger partial charge is 0.260 e. The third kappa shape index (κ3) is 4.00. The van der Waals surface area contributed by atoms with E-state index in [9.17, 15) is 4.79 Å². The van der Waals surface area contributed by atoms with Gasteiger partial charge in [-0.2, -0.15) is 0 Å². The van der Waals surface area contributed by atoms with Crippen LogP contribution >= 0.6 is 0 Å². The summed E-state index contributed by atoms with van der Waals surface area (Å²) in [5.74, 6) is 2.40. The Morgan fingerprint density at radius 3 is 2.78 bits per heavy atom. The molecule has 0 saturated carbocycles. The van der Waals surface area contributed by atoms with Crippen molar-refractivity contribution in [3.05, 3.63) is 48.0 Å². The number of para-hydroxylation sites is 1. The standard InChI is InChI=1S/C21H27N3O3/c1-16-13-22-21(17-8-11-26-12-9-17)24(16)18-7-10-23(14-18)20(25)15-27-19-5-3-2-4-6-19/h2-6,13,17-18H,7-12,14-15H2,1H3. The molecule has 6 heteroatoms. The molecule has 0 radical (unpaired) electrons. The van der Waals surface area contributed by atoms with Crippen molar-refractivity contribution in [2.75, 3.05) is 32.9 Å². The number of ether oxygens (including phenoxy) is 2. The SMILES string of the molecule is Cc1cnc(C2CCOCC2)n1C1CCN(C(=O)COc2ccccc2)C1. The Bertz CT molecular complexity index is 768. The Balaban J connectivity index is 1.39. The van der Waals surface area contributed by atoms with Crippen LogP contribution < -0.4 is 4.74 Å². The van der Waals surface area contributed by atoms with E-state index < -0.39 is 0 Å². The van der Waals surface area contributed by atoms with Gasteiger partial charge in [0.1, 0.15) is 11.6 Å². The zero-order valence-corrected chi connectivity index (χ0v) is 15.8. The van der Waals surface area contributed by atoms with Crippen LogP contribution in [0.25, 0.3) is 0 Å². The van der Waals surface area contributed by atoms with Gasteiger partial charge < -0.3 is 18.9 Å². The number of hydrogen-bond acceptors (Lipinski definition) is 4. The van der Waals surface area contributed by atoms with Crippen LogP contribution in [-0.2, 0) is 9.53 Å². The molecule has 1 amide bonds. The molecule has 1 aromatic carbocycles. The number of aromatic nitrogens is 2. The quantitative estimate of drug-likeness (QED) is 0.813. The first-order valence-corrected chi connectivity index (χ1v) is 9.79. The van der Waals surface area contributed by atoms with Gasteiger partial charge in [-0.3, -0.25) is 4.79 Å². The van der Waals surface area contributed by atoms with Crippen molar-refractivity contribution in [1.29, 1.82) is 0 Å². The second-order valence-electron chi connectivity index (χ2n) is 7.40. The minimum atomic E-state index is 0.0479. The van der Waals surface area contributed by atoms with Crippen LogP contribution in [0, 0.1) is 6.92 Å². The molecule has 2 fully saturated rings. The molecule has 0 bridgehead atoms. The number of nitrogens with zero attached hydrogens (tertiary/aromatic N) is 3. The number of amides is 1. The summed E-state index contributed by atoms with van der Waals surface area (Å²) in [5.41, 5.74) is 1.18. The van der Waals surface area contributed by atoms with E-state index in [1.807, 2.05) is 41.4 Å². The Labute approximate surface area is 160 Å². The number of hydrogen-bond donors (Lipinski definition) is 0. The zero-order chi connectivity index (χ0) is 18.6. The van der Waals surface area contributed by atoms with Crippen LogP contribution in [0.2, 0.25) is 0 Å². The van der Waals surface area contributed by atoms with E-state index >= 15 is 0 Å². The van der Waals surface area contributed by atoms with Crippen molar-refractivity contribution in [2.24, 2.45) is 0 Å².